The van der Waals surface area contributed by atoms with Crippen molar-refractivity contribution in [1.82, 2.24) is 5.32 Å². The summed E-state index contributed by atoms with van der Waals surface area (Å²) in [7, 11) is 0. The van der Waals surface area contributed by atoms with Crippen molar-refractivity contribution in [2.45, 2.75) is 31.2 Å². The van der Waals surface area contributed by atoms with Crippen molar-refractivity contribution in [3.63, 3.8) is 0 Å². The van der Waals surface area contributed by atoms with E-state index in [1.54, 1.807) is 6.07 Å². The second-order valence-electron chi connectivity index (χ2n) is 7.03. The maximum Gasteiger partial charge on any atom is 0.573 e. The summed E-state index contributed by atoms with van der Waals surface area (Å²) in [5.74, 6) is 0.902. The molecule has 1 fully saturated rings. The average Bonchev–Trinajstić information content (AvgIpc) is 2.98. The first-order valence-electron chi connectivity index (χ1n) is 9.00. The molecule has 28 heavy (non-hydrogen) atoms. The fraction of sp³-hybridized carbons (Fsp3) is 0.400. The molecule has 8 heteroatoms. The molecule has 4 rings (SSSR count). The standard InChI is InChI=1S/C20H19ClF3NO3/c21-16-2-1-3-17(28-20(22,23)24)14(16)11-26-13-4-5-15-18(10-13)27-12-19(15)6-8-25-9-7-19/h1-5,10,25H,6-9,11-12H2. The quantitative estimate of drug-likeness (QED) is 0.779. The van der Waals surface area contributed by atoms with Gasteiger partial charge in [0.05, 0.1) is 17.2 Å². The summed E-state index contributed by atoms with van der Waals surface area (Å²) >= 11 is 6.06. The van der Waals surface area contributed by atoms with E-state index in [0.717, 1.165) is 31.7 Å². The zero-order valence-corrected chi connectivity index (χ0v) is 15.7. The van der Waals surface area contributed by atoms with Crippen molar-refractivity contribution >= 4 is 11.6 Å². The van der Waals surface area contributed by atoms with E-state index in [4.69, 9.17) is 21.1 Å². The van der Waals surface area contributed by atoms with Gasteiger partial charge in [-0.3, -0.25) is 0 Å². The fourth-order valence-corrected chi connectivity index (χ4v) is 4.04. The second-order valence-corrected chi connectivity index (χ2v) is 7.44. The highest BCUT2D eigenvalue weighted by molar-refractivity contribution is 6.31. The molecule has 0 bridgehead atoms. The predicted molar refractivity (Wildman–Crippen MR) is 98.2 cm³/mol. The van der Waals surface area contributed by atoms with Crippen molar-refractivity contribution in [2.24, 2.45) is 0 Å². The van der Waals surface area contributed by atoms with Crippen molar-refractivity contribution in [3.8, 4) is 17.2 Å². The van der Waals surface area contributed by atoms with Gasteiger partial charge < -0.3 is 19.5 Å². The van der Waals surface area contributed by atoms with Crippen molar-refractivity contribution in [1.29, 1.82) is 0 Å². The number of fused-ring (bicyclic) bond motifs is 2. The molecule has 0 radical (unpaired) electrons. The molecule has 0 atom stereocenters. The van der Waals surface area contributed by atoms with Gasteiger partial charge in [-0.05, 0) is 44.1 Å². The number of rotatable bonds is 4. The number of hydrogen-bond donors (Lipinski definition) is 1. The van der Waals surface area contributed by atoms with Gasteiger partial charge in [-0.15, -0.1) is 13.2 Å². The average molecular weight is 414 g/mol. The number of ether oxygens (including phenoxy) is 3. The zero-order valence-electron chi connectivity index (χ0n) is 14.9. The lowest BCUT2D eigenvalue weighted by Crippen LogP contribution is -2.40. The molecule has 2 aliphatic rings. The molecule has 4 nitrogen and oxygen atoms in total. The highest BCUT2D eigenvalue weighted by Crippen LogP contribution is 2.45. The van der Waals surface area contributed by atoms with Crippen LogP contribution in [0.25, 0.3) is 0 Å². The summed E-state index contributed by atoms with van der Waals surface area (Å²) in [4.78, 5) is 0. The molecule has 2 aliphatic heterocycles. The molecule has 2 aromatic rings. The molecule has 2 aromatic carbocycles. The number of nitrogens with one attached hydrogen (secondary N) is 1. The van der Waals surface area contributed by atoms with Crippen LogP contribution in [0.2, 0.25) is 5.02 Å². The Labute approximate surface area is 165 Å². The molecule has 1 saturated heterocycles. The first kappa shape index (κ1) is 19.2. The number of hydrogen-bond acceptors (Lipinski definition) is 4. The molecule has 2 heterocycles. The van der Waals surface area contributed by atoms with Crippen LogP contribution in [0, 0.1) is 0 Å². The van der Waals surface area contributed by atoms with Crippen LogP contribution in [-0.4, -0.2) is 26.1 Å². The lowest BCUT2D eigenvalue weighted by molar-refractivity contribution is -0.275. The number of alkyl halides is 3. The third-order valence-electron chi connectivity index (χ3n) is 5.27. The van der Waals surface area contributed by atoms with E-state index in [-0.39, 0.29) is 28.4 Å². The Morgan fingerprint density at radius 3 is 2.68 bits per heavy atom. The molecular weight excluding hydrogens is 395 g/mol. The number of halogens is 4. The lowest BCUT2D eigenvalue weighted by Gasteiger charge is -2.32. The van der Waals surface area contributed by atoms with Gasteiger partial charge in [0, 0.05) is 17.0 Å². The SMILES string of the molecule is FC(F)(F)Oc1cccc(Cl)c1COc1ccc2c(c1)OCC21CCNCC1. The van der Waals surface area contributed by atoms with Gasteiger partial charge in [0.2, 0.25) is 0 Å². The second kappa shape index (κ2) is 7.37. The Bertz CT molecular complexity index is 866. The van der Waals surface area contributed by atoms with Gasteiger partial charge in [-0.1, -0.05) is 23.7 Å². The van der Waals surface area contributed by atoms with E-state index in [1.807, 2.05) is 12.1 Å². The van der Waals surface area contributed by atoms with Gasteiger partial charge >= 0.3 is 6.36 Å². The highest BCUT2D eigenvalue weighted by Gasteiger charge is 2.41. The molecule has 0 aliphatic carbocycles. The molecule has 0 amide bonds. The minimum absolute atomic E-state index is 0.0373. The van der Waals surface area contributed by atoms with Crippen LogP contribution in [0.15, 0.2) is 36.4 Å². The van der Waals surface area contributed by atoms with E-state index >= 15 is 0 Å². The summed E-state index contributed by atoms with van der Waals surface area (Å²) in [6, 6.07) is 9.70. The van der Waals surface area contributed by atoms with Crippen molar-refractivity contribution < 1.29 is 27.4 Å². The van der Waals surface area contributed by atoms with E-state index < -0.39 is 6.36 Å². The zero-order chi connectivity index (χ0) is 19.8. The molecule has 0 aromatic heterocycles. The third-order valence-corrected chi connectivity index (χ3v) is 5.63. The number of benzene rings is 2. The monoisotopic (exact) mass is 413 g/mol. The van der Waals surface area contributed by atoms with E-state index in [2.05, 4.69) is 10.1 Å². The minimum Gasteiger partial charge on any atom is -0.492 e. The Morgan fingerprint density at radius 2 is 1.93 bits per heavy atom. The van der Waals surface area contributed by atoms with Crippen LogP contribution in [-0.2, 0) is 12.0 Å². The summed E-state index contributed by atoms with van der Waals surface area (Å²) in [6.45, 7) is 2.39. The minimum atomic E-state index is -4.80. The normalized spacial score (nSPS) is 17.9. The van der Waals surface area contributed by atoms with Gasteiger partial charge in [0.15, 0.2) is 0 Å². The van der Waals surface area contributed by atoms with E-state index in [0.29, 0.717) is 12.4 Å². The molecule has 150 valence electrons. The lowest BCUT2D eigenvalue weighted by atomic mass is 9.75. The molecular formula is C20H19ClF3NO3. The predicted octanol–water partition coefficient (Wildman–Crippen LogP) is 4.83. The topological polar surface area (TPSA) is 39.7 Å². The van der Waals surface area contributed by atoms with Gasteiger partial charge in [-0.25, -0.2) is 0 Å². The Kier molecular flexibility index (Phi) is 5.05. The van der Waals surface area contributed by atoms with Crippen LogP contribution in [0.4, 0.5) is 13.2 Å². The largest absolute Gasteiger partial charge is 0.573 e. The fourth-order valence-electron chi connectivity index (χ4n) is 3.82. The number of piperidine rings is 1. The van der Waals surface area contributed by atoms with Gasteiger partial charge in [0.25, 0.3) is 0 Å². The summed E-state index contributed by atoms with van der Waals surface area (Å²) < 4.78 is 53.5. The van der Waals surface area contributed by atoms with Crippen molar-refractivity contribution in [2.75, 3.05) is 19.7 Å². The first-order valence-corrected chi connectivity index (χ1v) is 9.38. The van der Waals surface area contributed by atoms with Crippen LogP contribution < -0.4 is 19.5 Å². The maximum absolute atomic E-state index is 12.6. The summed E-state index contributed by atoms with van der Waals surface area (Å²) in [6.07, 6.45) is -2.78. The molecule has 0 unspecified atom stereocenters. The molecule has 1 spiro atoms. The van der Waals surface area contributed by atoms with Crippen LogP contribution in [0.1, 0.15) is 24.0 Å². The smallest absolute Gasteiger partial charge is 0.492 e. The van der Waals surface area contributed by atoms with E-state index in [1.165, 1.54) is 23.8 Å². The molecule has 0 saturated carbocycles. The maximum atomic E-state index is 12.6. The Balaban J connectivity index is 1.51. The third kappa shape index (κ3) is 3.86. The Hall–Kier alpha value is -2.12. The first-order chi connectivity index (χ1) is 13.4. The van der Waals surface area contributed by atoms with Crippen LogP contribution in [0.3, 0.4) is 0 Å². The van der Waals surface area contributed by atoms with Gasteiger partial charge in [-0.2, -0.15) is 0 Å². The van der Waals surface area contributed by atoms with Crippen LogP contribution in [0.5, 0.6) is 17.2 Å². The van der Waals surface area contributed by atoms with E-state index in [9.17, 15) is 13.2 Å². The van der Waals surface area contributed by atoms with Crippen molar-refractivity contribution in [3.05, 3.63) is 52.5 Å². The van der Waals surface area contributed by atoms with Gasteiger partial charge in [0.1, 0.15) is 23.9 Å². The Morgan fingerprint density at radius 1 is 1.14 bits per heavy atom. The molecule has 1 N–H and O–H groups in total. The highest BCUT2D eigenvalue weighted by atomic mass is 35.5. The van der Waals surface area contributed by atoms with Crippen LogP contribution >= 0.6 is 11.6 Å². The summed E-state index contributed by atoms with van der Waals surface area (Å²) in [5.41, 5.74) is 1.34. The summed E-state index contributed by atoms with van der Waals surface area (Å²) in [5, 5.41) is 3.50.